The summed E-state index contributed by atoms with van der Waals surface area (Å²) in [6.07, 6.45) is 1.38. The molecule has 0 aliphatic rings. The molecule has 0 bridgehead atoms. The van der Waals surface area contributed by atoms with Gasteiger partial charge in [-0.05, 0) is 54.4 Å². The van der Waals surface area contributed by atoms with Crippen LogP contribution in [0.2, 0.25) is 0 Å². The number of aromatic nitrogens is 2. The molecule has 0 aliphatic carbocycles. The lowest BCUT2D eigenvalue weighted by atomic mass is 10.2. The van der Waals surface area contributed by atoms with Gasteiger partial charge in [-0.2, -0.15) is 0 Å². The van der Waals surface area contributed by atoms with Crippen LogP contribution in [0.4, 0.5) is 4.39 Å². The summed E-state index contributed by atoms with van der Waals surface area (Å²) in [7, 11) is 1.28. The van der Waals surface area contributed by atoms with Crippen molar-refractivity contribution in [1.82, 2.24) is 9.55 Å². The monoisotopic (exact) mass is 452 g/mol. The van der Waals surface area contributed by atoms with Gasteiger partial charge in [-0.15, -0.1) is 11.3 Å². The molecule has 7 nitrogen and oxygen atoms in total. The van der Waals surface area contributed by atoms with Crippen LogP contribution in [0.15, 0.2) is 59.7 Å². The van der Waals surface area contributed by atoms with E-state index in [0.717, 1.165) is 11.3 Å². The van der Waals surface area contributed by atoms with E-state index in [-0.39, 0.29) is 28.5 Å². The first kappa shape index (κ1) is 21.4. The van der Waals surface area contributed by atoms with E-state index in [1.165, 1.54) is 54.4 Å². The molecule has 9 heteroatoms. The number of fused-ring (bicyclic) bond motifs is 1. The standard InChI is InChI=1S/C23H17FN2O5S/c1-13-18-20(25-12-26(21(18)27)11-14-4-3-5-16(24)10-14)32-19(13)23(29)31-17-8-6-15(7-9-17)22(28)30-2/h3-10,12H,11H2,1-2H3. The summed E-state index contributed by atoms with van der Waals surface area (Å²) in [5.74, 6) is -1.27. The highest BCUT2D eigenvalue weighted by molar-refractivity contribution is 7.20. The Morgan fingerprint density at radius 1 is 1.12 bits per heavy atom. The Morgan fingerprint density at radius 2 is 1.88 bits per heavy atom. The predicted molar refractivity (Wildman–Crippen MR) is 117 cm³/mol. The number of esters is 2. The van der Waals surface area contributed by atoms with Crippen molar-refractivity contribution in [3.63, 3.8) is 0 Å². The minimum atomic E-state index is -0.632. The molecule has 0 atom stereocenters. The van der Waals surface area contributed by atoms with E-state index in [9.17, 15) is 18.8 Å². The quantitative estimate of drug-likeness (QED) is 0.337. The van der Waals surface area contributed by atoms with Gasteiger partial charge in [0.25, 0.3) is 5.56 Å². The molecule has 2 heterocycles. The number of methoxy groups -OCH3 is 1. The third kappa shape index (κ3) is 4.15. The molecule has 4 rings (SSSR count). The SMILES string of the molecule is COC(=O)c1ccc(OC(=O)c2sc3ncn(Cc4cccc(F)c4)c(=O)c3c2C)cc1. The van der Waals surface area contributed by atoms with Crippen LogP contribution < -0.4 is 10.3 Å². The third-order valence-corrected chi connectivity index (χ3v) is 6.01. The van der Waals surface area contributed by atoms with Crippen LogP contribution >= 0.6 is 11.3 Å². The van der Waals surface area contributed by atoms with Crippen LogP contribution in [-0.4, -0.2) is 28.6 Å². The van der Waals surface area contributed by atoms with E-state index in [2.05, 4.69) is 9.72 Å². The molecule has 0 saturated heterocycles. The van der Waals surface area contributed by atoms with Crippen molar-refractivity contribution in [3.8, 4) is 5.75 Å². The molecule has 0 radical (unpaired) electrons. The Bertz CT molecular complexity index is 1390. The molecular formula is C23H17FN2O5S. The Kier molecular flexibility index (Phi) is 5.83. The number of carbonyl (C=O) groups excluding carboxylic acids is 2. The minimum Gasteiger partial charge on any atom is -0.465 e. The first-order valence-electron chi connectivity index (χ1n) is 9.51. The van der Waals surface area contributed by atoms with Gasteiger partial charge in [-0.25, -0.2) is 19.0 Å². The molecule has 162 valence electrons. The maximum absolute atomic E-state index is 13.5. The number of ether oxygens (including phenoxy) is 2. The number of halogens is 1. The van der Waals surface area contributed by atoms with Gasteiger partial charge in [0, 0.05) is 0 Å². The van der Waals surface area contributed by atoms with Crippen LogP contribution in [0.25, 0.3) is 10.2 Å². The number of hydrogen-bond donors (Lipinski definition) is 0. The van der Waals surface area contributed by atoms with Crippen molar-refractivity contribution in [2.24, 2.45) is 0 Å². The second kappa shape index (κ2) is 8.72. The van der Waals surface area contributed by atoms with E-state index in [1.807, 2.05) is 0 Å². The summed E-state index contributed by atoms with van der Waals surface area (Å²) in [6, 6.07) is 11.9. The molecule has 4 aromatic rings. The summed E-state index contributed by atoms with van der Waals surface area (Å²) in [5, 5.41) is 0.321. The van der Waals surface area contributed by atoms with Gasteiger partial charge in [0.1, 0.15) is 21.3 Å². The highest BCUT2D eigenvalue weighted by Gasteiger charge is 2.21. The number of thiophene rings is 1. The topological polar surface area (TPSA) is 87.5 Å². The second-order valence-corrected chi connectivity index (χ2v) is 7.95. The van der Waals surface area contributed by atoms with Crippen molar-refractivity contribution in [2.75, 3.05) is 7.11 Å². The van der Waals surface area contributed by atoms with Crippen LogP contribution in [0.1, 0.15) is 31.2 Å². The van der Waals surface area contributed by atoms with E-state index in [0.29, 0.717) is 26.9 Å². The fraction of sp³-hybridized carbons (Fsp3) is 0.130. The van der Waals surface area contributed by atoms with Crippen LogP contribution in [0.3, 0.4) is 0 Å². The van der Waals surface area contributed by atoms with Gasteiger partial charge < -0.3 is 9.47 Å². The van der Waals surface area contributed by atoms with E-state index >= 15 is 0 Å². The lowest BCUT2D eigenvalue weighted by Gasteiger charge is -2.06. The summed E-state index contributed by atoms with van der Waals surface area (Å²) in [6.45, 7) is 1.81. The number of rotatable bonds is 5. The molecule has 32 heavy (non-hydrogen) atoms. The summed E-state index contributed by atoms with van der Waals surface area (Å²) in [5.41, 5.74) is 1.09. The van der Waals surface area contributed by atoms with Crippen molar-refractivity contribution >= 4 is 33.5 Å². The predicted octanol–water partition coefficient (Wildman–Crippen LogP) is 3.96. The van der Waals surface area contributed by atoms with E-state index < -0.39 is 11.9 Å². The van der Waals surface area contributed by atoms with Crippen LogP contribution in [0, 0.1) is 12.7 Å². The van der Waals surface area contributed by atoms with Crippen LogP contribution in [0.5, 0.6) is 5.75 Å². The van der Waals surface area contributed by atoms with Crippen LogP contribution in [-0.2, 0) is 11.3 Å². The molecule has 0 saturated carbocycles. The highest BCUT2D eigenvalue weighted by Crippen LogP contribution is 2.28. The Morgan fingerprint density at radius 3 is 2.56 bits per heavy atom. The van der Waals surface area contributed by atoms with E-state index in [4.69, 9.17) is 4.74 Å². The number of nitrogens with zero attached hydrogens (tertiary/aromatic N) is 2. The van der Waals surface area contributed by atoms with Crippen molar-refractivity contribution in [3.05, 3.63) is 92.6 Å². The minimum absolute atomic E-state index is 0.154. The maximum Gasteiger partial charge on any atom is 0.354 e. The molecule has 2 aromatic carbocycles. The van der Waals surface area contributed by atoms with Gasteiger partial charge in [-0.3, -0.25) is 9.36 Å². The van der Waals surface area contributed by atoms with Crippen molar-refractivity contribution in [2.45, 2.75) is 13.5 Å². The average Bonchev–Trinajstić information content (AvgIpc) is 3.13. The zero-order valence-electron chi connectivity index (χ0n) is 17.1. The summed E-state index contributed by atoms with van der Waals surface area (Å²) >= 11 is 1.06. The first-order chi connectivity index (χ1) is 15.4. The largest absolute Gasteiger partial charge is 0.465 e. The summed E-state index contributed by atoms with van der Waals surface area (Å²) < 4.78 is 24.9. The van der Waals surface area contributed by atoms with Gasteiger partial charge in [0.05, 0.1) is 30.9 Å². The maximum atomic E-state index is 13.5. The normalized spacial score (nSPS) is 10.8. The Hall–Kier alpha value is -3.85. The van der Waals surface area contributed by atoms with Gasteiger partial charge in [0.15, 0.2) is 0 Å². The Balaban J connectivity index is 1.61. The van der Waals surface area contributed by atoms with Crippen molar-refractivity contribution < 1.29 is 23.5 Å². The van der Waals surface area contributed by atoms with Gasteiger partial charge >= 0.3 is 11.9 Å². The molecule has 0 unspecified atom stereocenters. The van der Waals surface area contributed by atoms with E-state index in [1.54, 1.807) is 19.1 Å². The lowest BCUT2D eigenvalue weighted by Crippen LogP contribution is -2.21. The molecule has 0 spiro atoms. The third-order valence-electron chi connectivity index (χ3n) is 4.83. The second-order valence-electron chi connectivity index (χ2n) is 6.95. The zero-order valence-corrected chi connectivity index (χ0v) is 17.9. The lowest BCUT2D eigenvalue weighted by molar-refractivity contribution is 0.0600. The van der Waals surface area contributed by atoms with Gasteiger partial charge in [-0.1, -0.05) is 12.1 Å². The first-order valence-corrected chi connectivity index (χ1v) is 10.3. The molecule has 0 aliphatic heterocycles. The molecule has 0 fully saturated rings. The molecule has 0 N–H and O–H groups in total. The zero-order chi connectivity index (χ0) is 22.8. The number of benzene rings is 2. The Labute approximate surface area is 185 Å². The number of carbonyl (C=O) groups is 2. The number of hydrogen-bond acceptors (Lipinski definition) is 7. The fourth-order valence-electron chi connectivity index (χ4n) is 3.23. The molecule has 2 aromatic heterocycles. The van der Waals surface area contributed by atoms with Crippen molar-refractivity contribution in [1.29, 1.82) is 0 Å². The molecular weight excluding hydrogens is 435 g/mol. The molecule has 0 amide bonds. The fourth-order valence-corrected chi connectivity index (χ4v) is 4.24. The highest BCUT2D eigenvalue weighted by atomic mass is 32.1. The number of aryl methyl sites for hydroxylation is 1. The average molecular weight is 452 g/mol. The summed E-state index contributed by atoms with van der Waals surface area (Å²) in [4.78, 5) is 42.2. The smallest absolute Gasteiger partial charge is 0.354 e. The van der Waals surface area contributed by atoms with Gasteiger partial charge in [0.2, 0.25) is 0 Å².